The number of rotatable bonds is 4. The Morgan fingerprint density at radius 1 is 1.19 bits per heavy atom. The molecule has 0 bridgehead atoms. The molecule has 1 saturated heterocycles. The van der Waals surface area contributed by atoms with E-state index in [9.17, 15) is 14.4 Å². The van der Waals surface area contributed by atoms with E-state index >= 15 is 0 Å². The largest absolute Gasteiger partial charge is 0.324 e. The van der Waals surface area contributed by atoms with Crippen LogP contribution in [0, 0.1) is 0 Å². The van der Waals surface area contributed by atoms with Crippen molar-refractivity contribution in [2.24, 2.45) is 0 Å². The Morgan fingerprint density at radius 2 is 1.90 bits per heavy atom. The topological polar surface area (TPSA) is 66.5 Å². The van der Waals surface area contributed by atoms with Crippen molar-refractivity contribution in [3.05, 3.63) is 42.0 Å². The molecular formula is C16H16N2O3. The Kier molecular flexibility index (Phi) is 3.56. The number of carbonyl (C=O) groups is 3. The lowest BCUT2D eigenvalue weighted by atomic mass is 10.1. The molecule has 1 atom stereocenters. The fourth-order valence-corrected chi connectivity index (χ4v) is 2.52. The van der Waals surface area contributed by atoms with Crippen molar-refractivity contribution in [3.8, 4) is 0 Å². The lowest BCUT2D eigenvalue weighted by Crippen LogP contribution is -2.45. The maximum atomic E-state index is 12.4. The van der Waals surface area contributed by atoms with E-state index < -0.39 is 6.04 Å². The highest BCUT2D eigenvalue weighted by molar-refractivity contribution is 6.07. The van der Waals surface area contributed by atoms with Gasteiger partial charge in [0.25, 0.3) is 0 Å². The van der Waals surface area contributed by atoms with Gasteiger partial charge < -0.3 is 4.90 Å². The molecule has 5 heteroatoms. The zero-order valence-corrected chi connectivity index (χ0v) is 11.5. The van der Waals surface area contributed by atoms with E-state index in [1.165, 1.54) is 6.08 Å². The first-order valence-electron chi connectivity index (χ1n) is 7.04. The number of hydrogen-bond donors (Lipinski definition) is 1. The fourth-order valence-electron chi connectivity index (χ4n) is 2.52. The summed E-state index contributed by atoms with van der Waals surface area (Å²) >= 11 is 0. The molecule has 1 unspecified atom stereocenters. The summed E-state index contributed by atoms with van der Waals surface area (Å²) in [6.07, 6.45) is 5.06. The lowest BCUT2D eigenvalue weighted by Gasteiger charge is -2.25. The molecule has 5 nitrogen and oxygen atoms in total. The third-order valence-electron chi connectivity index (χ3n) is 3.69. The van der Waals surface area contributed by atoms with Gasteiger partial charge in [0, 0.05) is 12.1 Å². The Morgan fingerprint density at radius 3 is 2.48 bits per heavy atom. The van der Waals surface area contributed by atoms with Crippen molar-refractivity contribution in [3.63, 3.8) is 0 Å². The van der Waals surface area contributed by atoms with E-state index in [4.69, 9.17) is 0 Å². The molecule has 2 aliphatic rings. The molecule has 0 radical (unpaired) electrons. The second-order valence-corrected chi connectivity index (χ2v) is 5.35. The molecule has 1 N–H and O–H groups in total. The number of nitrogens with one attached hydrogen (secondary N) is 1. The van der Waals surface area contributed by atoms with Crippen LogP contribution in [-0.2, 0) is 14.4 Å². The van der Waals surface area contributed by atoms with Gasteiger partial charge >= 0.3 is 0 Å². The number of benzene rings is 1. The van der Waals surface area contributed by atoms with Crippen LogP contribution in [0.5, 0.6) is 0 Å². The summed E-state index contributed by atoms with van der Waals surface area (Å²) < 4.78 is 0. The second kappa shape index (κ2) is 5.52. The average molecular weight is 284 g/mol. The number of imide groups is 1. The molecule has 1 saturated carbocycles. The van der Waals surface area contributed by atoms with Gasteiger partial charge in [-0.2, -0.15) is 0 Å². The van der Waals surface area contributed by atoms with Gasteiger partial charge in [-0.25, -0.2) is 0 Å². The van der Waals surface area contributed by atoms with E-state index in [1.54, 1.807) is 11.0 Å². The van der Waals surface area contributed by atoms with Crippen LogP contribution in [0.2, 0.25) is 0 Å². The van der Waals surface area contributed by atoms with E-state index in [0.717, 1.165) is 18.4 Å². The first kappa shape index (κ1) is 13.5. The van der Waals surface area contributed by atoms with Crippen molar-refractivity contribution in [1.82, 2.24) is 10.2 Å². The van der Waals surface area contributed by atoms with Crippen molar-refractivity contribution >= 4 is 23.8 Å². The summed E-state index contributed by atoms with van der Waals surface area (Å²) in [4.78, 5) is 37.1. The van der Waals surface area contributed by atoms with Crippen LogP contribution in [0.15, 0.2) is 36.4 Å². The molecule has 3 rings (SSSR count). The van der Waals surface area contributed by atoms with Crippen LogP contribution in [0.4, 0.5) is 0 Å². The number of amides is 3. The molecule has 0 aromatic heterocycles. The van der Waals surface area contributed by atoms with Crippen molar-refractivity contribution in [1.29, 1.82) is 0 Å². The van der Waals surface area contributed by atoms with Crippen LogP contribution in [0.3, 0.4) is 0 Å². The van der Waals surface area contributed by atoms with E-state index in [2.05, 4.69) is 5.32 Å². The first-order chi connectivity index (χ1) is 10.1. The molecule has 1 aliphatic heterocycles. The van der Waals surface area contributed by atoms with Gasteiger partial charge in [-0.05, 0) is 24.5 Å². The molecule has 0 spiro atoms. The molecule has 1 heterocycles. The maximum Gasteiger partial charge on any atom is 0.249 e. The highest BCUT2D eigenvalue weighted by Gasteiger charge is 2.43. The summed E-state index contributed by atoms with van der Waals surface area (Å²) in [6.45, 7) is 0. The standard InChI is InChI=1S/C16H16N2O3/c19-14-10-13(16(21)17-14)18(12-7-8-12)15(20)9-6-11-4-2-1-3-5-11/h1-6,9,12-13H,7-8,10H2,(H,17,19,21)/b9-6+. The first-order valence-corrected chi connectivity index (χ1v) is 7.04. The molecule has 1 aromatic carbocycles. The predicted molar refractivity (Wildman–Crippen MR) is 76.9 cm³/mol. The Bertz CT molecular complexity index is 605. The zero-order chi connectivity index (χ0) is 14.8. The SMILES string of the molecule is O=C1CC(N(C(=O)/C=C/c2ccccc2)C2CC2)C(=O)N1. The minimum atomic E-state index is -0.655. The van der Waals surface area contributed by atoms with Crippen LogP contribution in [0.1, 0.15) is 24.8 Å². The van der Waals surface area contributed by atoms with Crippen LogP contribution in [-0.4, -0.2) is 34.7 Å². The monoisotopic (exact) mass is 284 g/mol. The summed E-state index contributed by atoms with van der Waals surface area (Å²) in [5.41, 5.74) is 0.925. The molecule has 3 amide bonds. The highest BCUT2D eigenvalue weighted by Crippen LogP contribution is 2.31. The van der Waals surface area contributed by atoms with Gasteiger partial charge in [0.2, 0.25) is 17.7 Å². The Labute approximate surface area is 122 Å². The minimum absolute atomic E-state index is 0.0697. The average Bonchev–Trinajstić information content (AvgIpc) is 3.24. The molecular weight excluding hydrogens is 268 g/mol. The number of hydrogen-bond acceptors (Lipinski definition) is 3. The predicted octanol–water partition coefficient (Wildman–Crippen LogP) is 1.11. The van der Waals surface area contributed by atoms with E-state index in [0.29, 0.717) is 0 Å². The Balaban J connectivity index is 1.75. The fraction of sp³-hybridized carbons (Fsp3) is 0.312. The van der Waals surface area contributed by atoms with Gasteiger partial charge in [-0.15, -0.1) is 0 Å². The summed E-state index contributed by atoms with van der Waals surface area (Å²) in [6, 6.07) is 8.92. The number of carbonyl (C=O) groups excluding carboxylic acids is 3. The zero-order valence-electron chi connectivity index (χ0n) is 11.5. The van der Waals surface area contributed by atoms with Crippen molar-refractivity contribution in [2.45, 2.75) is 31.3 Å². The van der Waals surface area contributed by atoms with Gasteiger partial charge in [0.15, 0.2) is 0 Å². The van der Waals surface area contributed by atoms with E-state index in [-0.39, 0.29) is 30.2 Å². The van der Waals surface area contributed by atoms with Crippen molar-refractivity contribution in [2.75, 3.05) is 0 Å². The van der Waals surface area contributed by atoms with Crippen LogP contribution >= 0.6 is 0 Å². The number of nitrogens with zero attached hydrogens (tertiary/aromatic N) is 1. The third kappa shape index (κ3) is 3.02. The van der Waals surface area contributed by atoms with Crippen LogP contribution < -0.4 is 5.32 Å². The normalized spacial score (nSPS) is 21.6. The molecule has 1 aliphatic carbocycles. The minimum Gasteiger partial charge on any atom is -0.324 e. The summed E-state index contributed by atoms with van der Waals surface area (Å²) in [5.74, 6) is -0.889. The van der Waals surface area contributed by atoms with Gasteiger partial charge in [-0.3, -0.25) is 19.7 Å². The summed E-state index contributed by atoms with van der Waals surface area (Å²) in [5, 5.41) is 2.26. The Hall–Kier alpha value is -2.43. The lowest BCUT2D eigenvalue weighted by molar-refractivity contribution is -0.135. The van der Waals surface area contributed by atoms with Gasteiger partial charge in [0.05, 0.1) is 6.42 Å². The third-order valence-corrected chi connectivity index (χ3v) is 3.69. The van der Waals surface area contributed by atoms with E-state index in [1.807, 2.05) is 30.3 Å². The van der Waals surface area contributed by atoms with Crippen LogP contribution in [0.25, 0.3) is 6.08 Å². The quantitative estimate of drug-likeness (QED) is 0.665. The molecule has 108 valence electrons. The smallest absolute Gasteiger partial charge is 0.249 e. The summed E-state index contributed by atoms with van der Waals surface area (Å²) in [7, 11) is 0. The van der Waals surface area contributed by atoms with Gasteiger partial charge in [-0.1, -0.05) is 30.3 Å². The molecule has 1 aromatic rings. The molecule has 21 heavy (non-hydrogen) atoms. The maximum absolute atomic E-state index is 12.4. The molecule has 2 fully saturated rings. The van der Waals surface area contributed by atoms with Crippen molar-refractivity contribution < 1.29 is 14.4 Å². The second-order valence-electron chi connectivity index (χ2n) is 5.35. The van der Waals surface area contributed by atoms with Gasteiger partial charge in [0.1, 0.15) is 6.04 Å². The highest BCUT2D eigenvalue weighted by atomic mass is 16.2.